The van der Waals surface area contributed by atoms with Gasteiger partial charge < -0.3 is 5.32 Å². The van der Waals surface area contributed by atoms with Crippen LogP contribution in [-0.2, 0) is 6.42 Å². The zero-order valence-corrected chi connectivity index (χ0v) is 11.4. The number of aromatic nitrogens is 2. The van der Waals surface area contributed by atoms with E-state index < -0.39 is 0 Å². The van der Waals surface area contributed by atoms with E-state index in [4.69, 9.17) is 11.6 Å². The first-order valence-corrected chi connectivity index (χ1v) is 7.03. The van der Waals surface area contributed by atoms with E-state index in [9.17, 15) is 4.39 Å². The second-order valence-electron chi connectivity index (χ2n) is 5.03. The lowest BCUT2D eigenvalue weighted by atomic mass is 9.88. The largest absolute Gasteiger partial charge is 0.367 e. The van der Waals surface area contributed by atoms with Crippen LogP contribution in [0.5, 0.6) is 0 Å². The third-order valence-electron chi connectivity index (χ3n) is 3.78. The summed E-state index contributed by atoms with van der Waals surface area (Å²) in [5.41, 5.74) is 0.560. The highest BCUT2D eigenvalue weighted by molar-refractivity contribution is 6.18. The van der Waals surface area contributed by atoms with Gasteiger partial charge >= 0.3 is 0 Å². The van der Waals surface area contributed by atoms with E-state index in [2.05, 4.69) is 15.3 Å². The summed E-state index contributed by atoms with van der Waals surface area (Å²) in [6.45, 7) is 2.57. The number of anilines is 1. The summed E-state index contributed by atoms with van der Waals surface area (Å²) < 4.78 is 14.0. The first kappa shape index (κ1) is 13.5. The highest BCUT2D eigenvalue weighted by atomic mass is 35.5. The fraction of sp³-hybridized carbons (Fsp3) is 0.692. The van der Waals surface area contributed by atoms with E-state index in [0.29, 0.717) is 30.4 Å². The van der Waals surface area contributed by atoms with E-state index >= 15 is 0 Å². The molecule has 100 valence electrons. The number of hydrogen-bond acceptors (Lipinski definition) is 3. The summed E-state index contributed by atoms with van der Waals surface area (Å²) in [5, 5.41) is 3.11. The van der Waals surface area contributed by atoms with Gasteiger partial charge in [-0.3, -0.25) is 0 Å². The molecular weight excluding hydrogens is 253 g/mol. The number of rotatable bonds is 5. The first-order valence-electron chi connectivity index (χ1n) is 6.50. The summed E-state index contributed by atoms with van der Waals surface area (Å²) in [4.78, 5) is 7.90. The van der Waals surface area contributed by atoms with Crippen LogP contribution in [0.3, 0.4) is 0 Å². The SMILES string of the molecule is CCc1ncnc(NCC2(CCl)CCCC2)c1F. The van der Waals surface area contributed by atoms with E-state index in [1.54, 1.807) is 0 Å². The number of alkyl halides is 1. The van der Waals surface area contributed by atoms with Crippen LogP contribution in [0.1, 0.15) is 38.3 Å². The van der Waals surface area contributed by atoms with E-state index in [0.717, 1.165) is 12.8 Å². The Morgan fingerprint density at radius 1 is 1.39 bits per heavy atom. The zero-order chi connectivity index (χ0) is 13.0. The van der Waals surface area contributed by atoms with Crippen molar-refractivity contribution in [3.8, 4) is 0 Å². The molecule has 1 saturated carbocycles. The number of nitrogens with zero attached hydrogens (tertiary/aromatic N) is 2. The number of hydrogen-bond donors (Lipinski definition) is 1. The summed E-state index contributed by atoms with van der Waals surface area (Å²) in [7, 11) is 0. The van der Waals surface area contributed by atoms with Gasteiger partial charge in [0.15, 0.2) is 11.6 Å². The molecule has 5 heteroatoms. The minimum atomic E-state index is -0.331. The maximum Gasteiger partial charge on any atom is 0.186 e. The Kier molecular flexibility index (Phi) is 4.38. The standard InChI is InChI=1S/C13H19ClFN3/c1-2-10-11(15)12(18-9-17-10)16-8-13(7-14)5-3-4-6-13/h9H,2-8H2,1H3,(H,16,17,18). The van der Waals surface area contributed by atoms with Gasteiger partial charge in [0.05, 0.1) is 5.69 Å². The predicted octanol–water partition coefficient (Wildman–Crippen LogP) is 3.39. The average molecular weight is 272 g/mol. The summed E-state index contributed by atoms with van der Waals surface area (Å²) >= 11 is 6.06. The van der Waals surface area contributed by atoms with Crippen molar-refractivity contribution in [2.24, 2.45) is 5.41 Å². The number of aryl methyl sites for hydroxylation is 1. The second-order valence-corrected chi connectivity index (χ2v) is 5.30. The average Bonchev–Trinajstić information content (AvgIpc) is 2.87. The molecule has 1 aliphatic carbocycles. The van der Waals surface area contributed by atoms with Crippen LogP contribution in [0.4, 0.5) is 10.2 Å². The molecule has 0 bridgehead atoms. The van der Waals surface area contributed by atoms with Crippen molar-refractivity contribution >= 4 is 17.4 Å². The van der Waals surface area contributed by atoms with Gasteiger partial charge in [0, 0.05) is 17.8 Å². The lowest BCUT2D eigenvalue weighted by Crippen LogP contribution is -2.29. The fourth-order valence-electron chi connectivity index (χ4n) is 2.53. The lowest BCUT2D eigenvalue weighted by Gasteiger charge is -2.26. The van der Waals surface area contributed by atoms with Crippen molar-refractivity contribution in [1.82, 2.24) is 9.97 Å². The molecular formula is C13H19ClFN3. The van der Waals surface area contributed by atoms with Crippen LogP contribution in [0, 0.1) is 11.2 Å². The van der Waals surface area contributed by atoms with Crippen molar-refractivity contribution in [3.05, 3.63) is 17.8 Å². The molecule has 1 aromatic rings. The van der Waals surface area contributed by atoms with E-state index in [1.807, 2.05) is 6.92 Å². The molecule has 2 rings (SSSR count). The van der Waals surface area contributed by atoms with Gasteiger partial charge in [-0.1, -0.05) is 19.8 Å². The van der Waals surface area contributed by atoms with Crippen LogP contribution in [0.15, 0.2) is 6.33 Å². The molecule has 0 aliphatic heterocycles. The molecule has 0 saturated heterocycles. The molecule has 0 spiro atoms. The smallest absolute Gasteiger partial charge is 0.186 e. The molecule has 18 heavy (non-hydrogen) atoms. The van der Waals surface area contributed by atoms with E-state index in [1.165, 1.54) is 19.2 Å². The van der Waals surface area contributed by atoms with Gasteiger partial charge in [0.1, 0.15) is 6.33 Å². The molecule has 1 heterocycles. The zero-order valence-electron chi connectivity index (χ0n) is 10.7. The normalized spacial score (nSPS) is 17.9. The minimum absolute atomic E-state index is 0.103. The molecule has 0 atom stereocenters. The lowest BCUT2D eigenvalue weighted by molar-refractivity contribution is 0.367. The topological polar surface area (TPSA) is 37.8 Å². The molecule has 3 nitrogen and oxygen atoms in total. The van der Waals surface area contributed by atoms with Crippen molar-refractivity contribution in [2.45, 2.75) is 39.0 Å². The molecule has 1 N–H and O–H groups in total. The molecule has 1 aliphatic rings. The van der Waals surface area contributed by atoms with Gasteiger partial charge in [0.2, 0.25) is 0 Å². The maximum absolute atomic E-state index is 14.0. The Hall–Kier alpha value is -0.900. The summed E-state index contributed by atoms with van der Waals surface area (Å²) in [5.74, 6) is 0.592. The third-order valence-corrected chi connectivity index (χ3v) is 4.34. The van der Waals surface area contributed by atoms with Crippen LogP contribution < -0.4 is 5.32 Å². The minimum Gasteiger partial charge on any atom is -0.367 e. The monoisotopic (exact) mass is 271 g/mol. The van der Waals surface area contributed by atoms with Crippen molar-refractivity contribution in [1.29, 1.82) is 0 Å². The summed E-state index contributed by atoms with van der Waals surface area (Å²) in [6, 6.07) is 0. The third kappa shape index (κ3) is 2.74. The van der Waals surface area contributed by atoms with Crippen molar-refractivity contribution < 1.29 is 4.39 Å². The molecule has 1 aromatic heterocycles. The number of halogens is 2. The predicted molar refractivity (Wildman–Crippen MR) is 71.5 cm³/mol. The maximum atomic E-state index is 14.0. The van der Waals surface area contributed by atoms with Gasteiger partial charge in [-0.2, -0.15) is 0 Å². The molecule has 0 amide bonds. The van der Waals surface area contributed by atoms with Crippen LogP contribution in [0.25, 0.3) is 0 Å². The Labute approximate surface area is 112 Å². The van der Waals surface area contributed by atoms with Crippen molar-refractivity contribution in [3.63, 3.8) is 0 Å². The van der Waals surface area contributed by atoms with Gasteiger partial charge in [-0.05, 0) is 19.3 Å². The van der Waals surface area contributed by atoms with Crippen LogP contribution >= 0.6 is 11.6 Å². The fourth-order valence-corrected chi connectivity index (χ4v) is 2.89. The Morgan fingerprint density at radius 2 is 2.11 bits per heavy atom. The van der Waals surface area contributed by atoms with Crippen molar-refractivity contribution in [2.75, 3.05) is 17.7 Å². The quantitative estimate of drug-likeness (QED) is 0.834. The summed E-state index contributed by atoms with van der Waals surface area (Å²) in [6.07, 6.45) is 6.62. The van der Waals surface area contributed by atoms with Gasteiger partial charge in [-0.25, -0.2) is 14.4 Å². The highest BCUT2D eigenvalue weighted by Gasteiger charge is 2.33. The Bertz CT molecular complexity index is 405. The van der Waals surface area contributed by atoms with Crippen LogP contribution in [-0.4, -0.2) is 22.4 Å². The molecule has 0 radical (unpaired) electrons. The van der Waals surface area contributed by atoms with Crippen LogP contribution in [0.2, 0.25) is 0 Å². The van der Waals surface area contributed by atoms with Gasteiger partial charge in [0.25, 0.3) is 0 Å². The Morgan fingerprint density at radius 3 is 2.72 bits per heavy atom. The second kappa shape index (κ2) is 5.83. The molecule has 0 aromatic carbocycles. The molecule has 1 fully saturated rings. The molecule has 0 unspecified atom stereocenters. The number of nitrogens with one attached hydrogen (secondary N) is 1. The van der Waals surface area contributed by atoms with Gasteiger partial charge in [-0.15, -0.1) is 11.6 Å². The highest BCUT2D eigenvalue weighted by Crippen LogP contribution is 2.39. The first-order chi connectivity index (χ1) is 8.71. The Balaban J connectivity index is 2.05. The van der Waals surface area contributed by atoms with E-state index in [-0.39, 0.29) is 11.2 Å².